The van der Waals surface area contributed by atoms with Gasteiger partial charge in [0.15, 0.2) is 5.78 Å². The fraction of sp³-hybridized carbons (Fsp3) is 0.261. The molecule has 3 atom stereocenters. The zero-order chi connectivity index (χ0) is 20.9. The summed E-state index contributed by atoms with van der Waals surface area (Å²) in [5, 5.41) is 16.1. The fourth-order valence-corrected chi connectivity index (χ4v) is 5.50. The van der Waals surface area contributed by atoms with E-state index >= 15 is 0 Å². The lowest BCUT2D eigenvalue weighted by molar-refractivity contribution is -0.121. The van der Waals surface area contributed by atoms with Crippen molar-refractivity contribution in [3.63, 3.8) is 0 Å². The predicted octanol–water partition coefficient (Wildman–Crippen LogP) is 3.55. The highest BCUT2D eigenvalue weighted by Crippen LogP contribution is 2.53. The average Bonchev–Trinajstić information content (AvgIpc) is 3.46. The number of nitrogens with zero attached hydrogens (tertiary/aromatic N) is 4. The van der Waals surface area contributed by atoms with Crippen LogP contribution in [-0.4, -0.2) is 26.5 Å². The van der Waals surface area contributed by atoms with Gasteiger partial charge in [-0.2, -0.15) is 10.4 Å². The lowest BCUT2D eigenvalue weighted by atomic mass is 9.54. The summed E-state index contributed by atoms with van der Waals surface area (Å²) < 4.78 is 1.35. The first-order chi connectivity index (χ1) is 14.6. The molecule has 0 amide bonds. The number of carbonyl (C=O) groups excluding carboxylic acids is 2. The molecular formula is C23H18N4O2S. The number of carbonyl (C=O) groups is 2. The summed E-state index contributed by atoms with van der Waals surface area (Å²) in [7, 11) is 0. The molecule has 0 radical (unpaired) electrons. The quantitative estimate of drug-likeness (QED) is 0.640. The van der Waals surface area contributed by atoms with Crippen LogP contribution in [0.15, 0.2) is 59.1 Å². The van der Waals surface area contributed by atoms with Crippen LogP contribution < -0.4 is 0 Å². The number of benzene rings is 1. The zero-order valence-electron chi connectivity index (χ0n) is 16.3. The maximum Gasteiger partial charge on any atom is 0.297 e. The third-order valence-corrected chi connectivity index (χ3v) is 6.96. The molecule has 0 aliphatic heterocycles. The van der Waals surface area contributed by atoms with E-state index in [2.05, 4.69) is 11.1 Å². The lowest BCUT2D eigenvalue weighted by Crippen LogP contribution is -2.48. The molecule has 2 aliphatic rings. The molecule has 2 aromatic heterocycles. The Hall–Kier alpha value is -3.37. The molecular weight excluding hydrogens is 396 g/mol. The molecule has 0 spiro atoms. The van der Waals surface area contributed by atoms with E-state index in [1.54, 1.807) is 23.2 Å². The molecule has 2 heterocycles. The number of hydrogen-bond donors (Lipinski definition) is 0. The van der Waals surface area contributed by atoms with E-state index in [0.29, 0.717) is 5.69 Å². The highest BCUT2D eigenvalue weighted by molar-refractivity contribution is 7.07. The average molecular weight is 414 g/mol. The first-order valence-corrected chi connectivity index (χ1v) is 10.7. The van der Waals surface area contributed by atoms with Gasteiger partial charge in [-0.3, -0.25) is 9.59 Å². The van der Waals surface area contributed by atoms with E-state index < -0.39 is 5.41 Å². The van der Waals surface area contributed by atoms with E-state index in [1.165, 1.54) is 16.0 Å². The second kappa shape index (κ2) is 6.85. The number of fused-ring (bicyclic) bond motifs is 3. The Morgan fingerprint density at radius 2 is 2.13 bits per heavy atom. The summed E-state index contributed by atoms with van der Waals surface area (Å²) in [5.74, 6) is -0.738. The predicted molar refractivity (Wildman–Crippen MR) is 111 cm³/mol. The van der Waals surface area contributed by atoms with Gasteiger partial charge in [-0.05, 0) is 36.0 Å². The number of hydrogen-bond acceptors (Lipinski definition) is 6. The van der Waals surface area contributed by atoms with Gasteiger partial charge < -0.3 is 0 Å². The van der Waals surface area contributed by atoms with Gasteiger partial charge in [-0.15, -0.1) is 11.3 Å². The summed E-state index contributed by atoms with van der Waals surface area (Å²) in [6.45, 7) is 1.90. The third kappa shape index (κ3) is 2.54. The number of thiazole rings is 1. The van der Waals surface area contributed by atoms with Crippen molar-refractivity contribution in [1.82, 2.24) is 14.8 Å². The molecule has 1 unspecified atom stereocenters. The number of ketones is 1. The molecule has 148 valence electrons. The normalized spacial score (nSPS) is 25.1. The van der Waals surface area contributed by atoms with Gasteiger partial charge in [-0.1, -0.05) is 37.3 Å². The summed E-state index contributed by atoms with van der Waals surface area (Å²) in [5.41, 5.74) is 4.11. The van der Waals surface area contributed by atoms with Crippen molar-refractivity contribution in [2.75, 3.05) is 0 Å². The van der Waals surface area contributed by atoms with Crippen molar-refractivity contribution in [3.05, 3.63) is 81.6 Å². The molecule has 30 heavy (non-hydrogen) atoms. The van der Waals surface area contributed by atoms with Crippen LogP contribution in [-0.2, 0) is 16.6 Å². The molecule has 0 fully saturated rings. The smallest absolute Gasteiger partial charge is 0.293 e. The van der Waals surface area contributed by atoms with E-state index in [4.69, 9.17) is 5.10 Å². The largest absolute Gasteiger partial charge is 0.297 e. The molecule has 3 aromatic rings. The van der Waals surface area contributed by atoms with Gasteiger partial charge in [0, 0.05) is 17.5 Å². The molecule has 0 bridgehead atoms. The first kappa shape index (κ1) is 18.6. The van der Waals surface area contributed by atoms with Crippen molar-refractivity contribution < 1.29 is 9.59 Å². The fourth-order valence-electron chi connectivity index (χ4n) is 4.98. The number of aromatic nitrogens is 3. The third-order valence-electron chi connectivity index (χ3n) is 6.38. The minimum absolute atomic E-state index is 0.0327. The van der Waals surface area contributed by atoms with Crippen LogP contribution in [0.4, 0.5) is 0 Å². The van der Waals surface area contributed by atoms with Gasteiger partial charge in [0.1, 0.15) is 11.8 Å². The van der Waals surface area contributed by atoms with Crippen LogP contribution in [0.25, 0.3) is 0 Å². The van der Waals surface area contributed by atoms with Crippen molar-refractivity contribution in [1.29, 1.82) is 5.26 Å². The number of rotatable bonds is 2. The van der Waals surface area contributed by atoms with E-state index in [1.807, 2.05) is 37.3 Å². The van der Waals surface area contributed by atoms with E-state index in [0.717, 1.165) is 29.7 Å². The summed E-state index contributed by atoms with van der Waals surface area (Å²) in [4.78, 5) is 29.8. The Balaban J connectivity index is 1.77. The highest BCUT2D eigenvalue weighted by Gasteiger charge is 2.53. The van der Waals surface area contributed by atoms with Gasteiger partial charge in [-0.25, -0.2) is 9.67 Å². The van der Waals surface area contributed by atoms with Crippen LogP contribution in [0.3, 0.4) is 0 Å². The maximum atomic E-state index is 12.9. The van der Waals surface area contributed by atoms with E-state index in [-0.39, 0.29) is 29.1 Å². The van der Waals surface area contributed by atoms with Crippen molar-refractivity contribution in [3.8, 4) is 6.07 Å². The molecule has 1 aromatic carbocycles. The first-order valence-electron chi connectivity index (χ1n) is 9.81. The van der Waals surface area contributed by atoms with Crippen molar-refractivity contribution in [2.24, 2.45) is 11.8 Å². The maximum absolute atomic E-state index is 12.9. The molecule has 0 saturated carbocycles. The molecule has 7 heteroatoms. The van der Waals surface area contributed by atoms with Crippen molar-refractivity contribution >= 4 is 23.0 Å². The minimum atomic E-state index is -0.721. The van der Waals surface area contributed by atoms with Gasteiger partial charge in [0.25, 0.3) is 5.91 Å². The molecule has 0 N–H and O–H groups in total. The summed E-state index contributed by atoms with van der Waals surface area (Å²) in [6, 6.07) is 12.0. The second-order valence-corrected chi connectivity index (χ2v) is 8.55. The Morgan fingerprint density at radius 3 is 2.83 bits per heavy atom. The van der Waals surface area contributed by atoms with E-state index in [9.17, 15) is 14.9 Å². The van der Waals surface area contributed by atoms with Crippen LogP contribution in [0.5, 0.6) is 0 Å². The SMILES string of the molecule is C[C@@H]1C(=O)C(C#N)=C[C@]2(c3ccccc3)c3nn(C(=O)c4cscn4)cc3CCC12. The number of nitriles is 1. The lowest BCUT2D eigenvalue weighted by Gasteiger charge is -2.46. The number of Topliss-reactive ketones (excluding diaryl/α,β-unsaturated/α-hetero) is 1. The molecule has 6 nitrogen and oxygen atoms in total. The Labute approximate surface area is 177 Å². The number of aryl methyl sites for hydroxylation is 1. The molecule has 0 saturated heterocycles. The monoisotopic (exact) mass is 414 g/mol. The number of allylic oxidation sites excluding steroid dienone is 2. The zero-order valence-corrected chi connectivity index (χ0v) is 17.1. The van der Waals surface area contributed by atoms with Crippen LogP contribution in [0.1, 0.15) is 40.7 Å². The minimum Gasteiger partial charge on any atom is -0.293 e. The summed E-state index contributed by atoms with van der Waals surface area (Å²) in [6.07, 6.45) is 5.07. The van der Waals surface area contributed by atoms with Gasteiger partial charge >= 0.3 is 0 Å². The highest BCUT2D eigenvalue weighted by atomic mass is 32.1. The van der Waals surface area contributed by atoms with Crippen LogP contribution in [0, 0.1) is 23.2 Å². The molecule has 5 rings (SSSR count). The topological polar surface area (TPSA) is 88.6 Å². The van der Waals surface area contributed by atoms with Gasteiger partial charge in [0.05, 0.1) is 22.2 Å². The van der Waals surface area contributed by atoms with Crippen molar-refractivity contribution in [2.45, 2.75) is 25.2 Å². The molecule has 2 aliphatic carbocycles. The van der Waals surface area contributed by atoms with Crippen LogP contribution in [0.2, 0.25) is 0 Å². The Kier molecular flexibility index (Phi) is 4.26. The summed E-state index contributed by atoms with van der Waals surface area (Å²) >= 11 is 1.36. The van der Waals surface area contributed by atoms with Crippen LogP contribution >= 0.6 is 11.3 Å². The standard InChI is InChI=1S/C23H18N4O2S/c1-14-18-8-7-15-11-27(22(29)19-12-30-13-25-19)26-21(15)23(18,9-16(10-24)20(14)28)17-5-3-2-4-6-17/h2-6,9,11-14,18H,7-8H2,1H3/t14-,18?,23+/m0/s1. The van der Waals surface area contributed by atoms with Gasteiger partial charge in [0.2, 0.25) is 0 Å². The Bertz CT molecular complexity index is 1220. The second-order valence-electron chi connectivity index (χ2n) is 7.83. The Morgan fingerprint density at radius 1 is 1.33 bits per heavy atom.